The third-order valence-electron chi connectivity index (χ3n) is 2.81. The maximum atomic E-state index is 13.6. The van der Waals surface area contributed by atoms with E-state index >= 15 is 0 Å². The molecule has 0 aliphatic heterocycles. The highest BCUT2D eigenvalue weighted by molar-refractivity contribution is 6.06. The zero-order valence-electron chi connectivity index (χ0n) is 10.4. The Morgan fingerprint density at radius 2 is 1.74 bits per heavy atom. The molecule has 0 aliphatic rings. The third-order valence-corrected chi connectivity index (χ3v) is 2.81. The molecule has 98 valence electrons. The first-order valence-corrected chi connectivity index (χ1v) is 5.96. The first-order valence-electron chi connectivity index (χ1n) is 5.96. The van der Waals surface area contributed by atoms with Gasteiger partial charge in [0.2, 0.25) is 0 Å². The lowest BCUT2D eigenvalue weighted by Crippen LogP contribution is -2.31. The summed E-state index contributed by atoms with van der Waals surface area (Å²) in [5.74, 6) is -2.68. The molecule has 0 spiro atoms. The largest absolute Gasteiger partial charge is 0.309 e. The van der Waals surface area contributed by atoms with Crippen LogP contribution < -0.4 is 4.90 Å². The highest BCUT2D eigenvalue weighted by atomic mass is 19.2. The standard InChI is InChI=1S/C15H13F2NO/c1-2-18(11-7-4-3-5-8-11)15(19)12-9-6-10-13(16)14(12)17/h3-10H,2H2,1H3. The molecule has 0 aliphatic carbocycles. The van der Waals surface area contributed by atoms with Gasteiger partial charge in [-0.2, -0.15) is 0 Å². The molecule has 0 heterocycles. The molecular formula is C15H13F2NO. The summed E-state index contributed by atoms with van der Waals surface area (Å²) in [4.78, 5) is 13.7. The first-order chi connectivity index (χ1) is 9.15. The van der Waals surface area contributed by atoms with Crippen LogP contribution in [0.5, 0.6) is 0 Å². The van der Waals surface area contributed by atoms with Crippen LogP contribution in [0.3, 0.4) is 0 Å². The van der Waals surface area contributed by atoms with Crippen molar-refractivity contribution in [1.29, 1.82) is 0 Å². The van der Waals surface area contributed by atoms with Crippen molar-refractivity contribution in [2.75, 3.05) is 11.4 Å². The van der Waals surface area contributed by atoms with Gasteiger partial charge in [0.15, 0.2) is 11.6 Å². The Hall–Kier alpha value is -2.23. The Labute approximate surface area is 110 Å². The molecular weight excluding hydrogens is 248 g/mol. The van der Waals surface area contributed by atoms with E-state index in [4.69, 9.17) is 0 Å². The average Bonchev–Trinajstić information content (AvgIpc) is 2.44. The van der Waals surface area contributed by atoms with Crippen LogP contribution in [0.1, 0.15) is 17.3 Å². The molecule has 0 radical (unpaired) electrons. The van der Waals surface area contributed by atoms with E-state index in [0.29, 0.717) is 12.2 Å². The Balaban J connectivity index is 2.39. The molecule has 0 fully saturated rings. The Morgan fingerprint density at radius 3 is 2.37 bits per heavy atom. The van der Waals surface area contributed by atoms with E-state index in [1.165, 1.54) is 17.0 Å². The van der Waals surface area contributed by atoms with Crippen LogP contribution in [0.2, 0.25) is 0 Å². The number of hydrogen-bond donors (Lipinski definition) is 0. The zero-order chi connectivity index (χ0) is 13.8. The van der Waals surface area contributed by atoms with Crippen LogP contribution in [0.15, 0.2) is 48.5 Å². The first kappa shape index (κ1) is 13.2. The summed E-state index contributed by atoms with van der Waals surface area (Å²) in [6.07, 6.45) is 0. The van der Waals surface area contributed by atoms with Crippen molar-refractivity contribution in [2.45, 2.75) is 6.92 Å². The van der Waals surface area contributed by atoms with Crippen molar-refractivity contribution in [3.05, 3.63) is 65.7 Å². The van der Waals surface area contributed by atoms with Gasteiger partial charge in [-0.3, -0.25) is 4.79 Å². The number of halogens is 2. The number of anilines is 1. The molecule has 0 bridgehead atoms. The summed E-state index contributed by atoms with van der Waals surface area (Å²) in [5, 5.41) is 0. The summed E-state index contributed by atoms with van der Waals surface area (Å²) >= 11 is 0. The molecule has 2 aromatic carbocycles. The fourth-order valence-corrected chi connectivity index (χ4v) is 1.87. The van der Waals surface area contributed by atoms with Gasteiger partial charge in [0.25, 0.3) is 5.91 Å². The molecule has 2 nitrogen and oxygen atoms in total. The van der Waals surface area contributed by atoms with E-state index in [1.807, 2.05) is 6.07 Å². The molecule has 2 aromatic rings. The summed E-state index contributed by atoms with van der Waals surface area (Å²) in [6.45, 7) is 2.15. The number of amides is 1. The minimum atomic E-state index is -1.11. The number of carbonyl (C=O) groups is 1. The molecule has 19 heavy (non-hydrogen) atoms. The number of carbonyl (C=O) groups excluding carboxylic acids is 1. The van der Waals surface area contributed by atoms with Gasteiger partial charge in [0.05, 0.1) is 5.56 Å². The highest BCUT2D eigenvalue weighted by Gasteiger charge is 2.21. The fourth-order valence-electron chi connectivity index (χ4n) is 1.87. The second-order valence-electron chi connectivity index (χ2n) is 3.99. The Bertz CT molecular complexity index is 584. The average molecular weight is 261 g/mol. The molecule has 0 atom stereocenters. The van der Waals surface area contributed by atoms with E-state index in [-0.39, 0.29) is 5.56 Å². The zero-order valence-corrected chi connectivity index (χ0v) is 10.4. The lowest BCUT2D eigenvalue weighted by atomic mass is 10.1. The molecule has 2 rings (SSSR count). The van der Waals surface area contributed by atoms with E-state index in [1.54, 1.807) is 31.2 Å². The fraction of sp³-hybridized carbons (Fsp3) is 0.133. The summed E-state index contributed by atoms with van der Waals surface area (Å²) in [6, 6.07) is 12.5. The second kappa shape index (κ2) is 5.61. The SMILES string of the molecule is CCN(C(=O)c1cccc(F)c1F)c1ccccc1. The summed E-state index contributed by atoms with van der Waals surface area (Å²) < 4.78 is 26.8. The van der Waals surface area contributed by atoms with Crippen molar-refractivity contribution in [3.8, 4) is 0 Å². The molecule has 0 saturated heterocycles. The van der Waals surface area contributed by atoms with Crippen molar-refractivity contribution in [1.82, 2.24) is 0 Å². The van der Waals surface area contributed by atoms with Crippen LogP contribution in [0.4, 0.5) is 14.5 Å². The van der Waals surface area contributed by atoms with Gasteiger partial charge in [0.1, 0.15) is 0 Å². The molecule has 0 aromatic heterocycles. The van der Waals surface area contributed by atoms with Crippen LogP contribution in [-0.4, -0.2) is 12.5 Å². The number of benzene rings is 2. The van der Waals surface area contributed by atoms with Gasteiger partial charge in [-0.25, -0.2) is 8.78 Å². The van der Waals surface area contributed by atoms with Gasteiger partial charge in [0, 0.05) is 12.2 Å². The minimum absolute atomic E-state index is 0.259. The lowest BCUT2D eigenvalue weighted by Gasteiger charge is -2.21. The van der Waals surface area contributed by atoms with Crippen LogP contribution in [0, 0.1) is 11.6 Å². The monoisotopic (exact) mass is 261 g/mol. The molecule has 4 heteroatoms. The summed E-state index contributed by atoms with van der Waals surface area (Å²) in [5.41, 5.74) is 0.393. The topological polar surface area (TPSA) is 20.3 Å². The van der Waals surface area contributed by atoms with Gasteiger partial charge in [-0.1, -0.05) is 24.3 Å². The van der Waals surface area contributed by atoms with E-state index in [0.717, 1.165) is 6.07 Å². The predicted molar refractivity (Wildman–Crippen MR) is 70.2 cm³/mol. The maximum absolute atomic E-state index is 13.6. The number of para-hydroxylation sites is 1. The smallest absolute Gasteiger partial charge is 0.261 e. The third kappa shape index (κ3) is 2.62. The lowest BCUT2D eigenvalue weighted by molar-refractivity contribution is 0.0983. The van der Waals surface area contributed by atoms with Gasteiger partial charge >= 0.3 is 0 Å². The van der Waals surface area contributed by atoms with E-state index in [9.17, 15) is 13.6 Å². The molecule has 0 saturated carbocycles. The van der Waals surface area contributed by atoms with Crippen molar-refractivity contribution in [3.63, 3.8) is 0 Å². The Morgan fingerprint density at radius 1 is 1.05 bits per heavy atom. The van der Waals surface area contributed by atoms with Crippen molar-refractivity contribution >= 4 is 11.6 Å². The predicted octanol–water partition coefficient (Wildman–Crippen LogP) is 3.63. The number of rotatable bonds is 3. The van der Waals surface area contributed by atoms with Crippen LogP contribution in [-0.2, 0) is 0 Å². The molecule has 0 N–H and O–H groups in total. The molecule has 1 amide bonds. The van der Waals surface area contributed by atoms with Gasteiger partial charge in [-0.15, -0.1) is 0 Å². The van der Waals surface area contributed by atoms with E-state index in [2.05, 4.69) is 0 Å². The maximum Gasteiger partial charge on any atom is 0.261 e. The molecule has 0 unspecified atom stereocenters. The summed E-state index contributed by atoms with van der Waals surface area (Å²) in [7, 11) is 0. The second-order valence-corrected chi connectivity index (χ2v) is 3.99. The van der Waals surface area contributed by atoms with E-state index < -0.39 is 17.5 Å². The van der Waals surface area contributed by atoms with Crippen LogP contribution >= 0.6 is 0 Å². The normalized spacial score (nSPS) is 10.3. The van der Waals surface area contributed by atoms with Gasteiger partial charge in [-0.05, 0) is 31.2 Å². The van der Waals surface area contributed by atoms with Crippen LogP contribution in [0.25, 0.3) is 0 Å². The Kier molecular flexibility index (Phi) is 3.90. The number of hydrogen-bond acceptors (Lipinski definition) is 1. The minimum Gasteiger partial charge on any atom is -0.309 e. The number of nitrogens with zero attached hydrogens (tertiary/aromatic N) is 1. The van der Waals surface area contributed by atoms with Crippen molar-refractivity contribution < 1.29 is 13.6 Å². The quantitative estimate of drug-likeness (QED) is 0.826. The highest BCUT2D eigenvalue weighted by Crippen LogP contribution is 2.19. The van der Waals surface area contributed by atoms with Crippen molar-refractivity contribution in [2.24, 2.45) is 0 Å². The van der Waals surface area contributed by atoms with Gasteiger partial charge < -0.3 is 4.90 Å².